The molecule has 2 rings (SSSR count). The Kier molecular flexibility index (Phi) is 2.58. The molecule has 0 amide bonds. The summed E-state index contributed by atoms with van der Waals surface area (Å²) in [4.78, 5) is 0. The molecule has 0 aromatic carbocycles. The van der Waals surface area contributed by atoms with Crippen molar-refractivity contribution < 1.29 is 13.2 Å². The predicted octanol–water partition coefficient (Wildman–Crippen LogP) is 0.247. The van der Waals surface area contributed by atoms with Crippen LogP contribution in [0.25, 0.3) is 0 Å². The largest absolute Gasteiger partial charge is 0.377 e. The van der Waals surface area contributed by atoms with Crippen LogP contribution in [0.2, 0.25) is 0 Å². The van der Waals surface area contributed by atoms with Crippen LogP contribution in [0.5, 0.6) is 0 Å². The fourth-order valence-corrected chi connectivity index (χ4v) is 2.92. The minimum atomic E-state index is -3.00. The maximum atomic E-state index is 11.4. The molecule has 1 aliphatic heterocycles. The number of hydrogen-bond acceptors (Lipinski definition) is 3. The number of nitrogens with one attached hydrogen (secondary N) is 1. The second-order valence-electron chi connectivity index (χ2n) is 3.73. The lowest BCUT2D eigenvalue weighted by molar-refractivity contribution is 0.114. The first-order chi connectivity index (χ1) is 6.18. The van der Waals surface area contributed by atoms with Gasteiger partial charge < -0.3 is 4.74 Å². The van der Waals surface area contributed by atoms with E-state index in [1.54, 1.807) is 0 Å². The van der Waals surface area contributed by atoms with Crippen LogP contribution in [0, 0.1) is 0 Å². The van der Waals surface area contributed by atoms with Gasteiger partial charge in [-0.05, 0) is 25.7 Å². The van der Waals surface area contributed by atoms with Crippen molar-refractivity contribution in [2.24, 2.45) is 0 Å². The number of ether oxygens (including phenoxy) is 1. The van der Waals surface area contributed by atoms with E-state index < -0.39 is 10.0 Å². The Morgan fingerprint density at radius 2 is 2.08 bits per heavy atom. The Labute approximate surface area is 78.7 Å². The molecule has 0 unspecified atom stereocenters. The highest BCUT2D eigenvalue weighted by Gasteiger charge is 2.35. The van der Waals surface area contributed by atoms with Crippen molar-refractivity contribution in [3.8, 4) is 0 Å². The van der Waals surface area contributed by atoms with E-state index in [9.17, 15) is 8.42 Å². The molecule has 13 heavy (non-hydrogen) atoms. The maximum absolute atomic E-state index is 11.4. The summed E-state index contributed by atoms with van der Waals surface area (Å²) in [6.07, 6.45) is 3.78. The summed E-state index contributed by atoms with van der Waals surface area (Å²) in [6, 6.07) is 0. The van der Waals surface area contributed by atoms with Crippen molar-refractivity contribution in [1.29, 1.82) is 0 Å². The van der Waals surface area contributed by atoms with Gasteiger partial charge in [0, 0.05) is 13.2 Å². The van der Waals surface area contributed by atoms with Gasteiger partial charge in [-0.3, -0.25) is 0 Å². The zero-order valence-corrected chi connectivity index (χ0v) is 8.35. The van der Waals surface area contributed by atoms with Gasteiger partial charge in [0.2, 0.25) is 10.0 Å². The van der Waals surface area contributed by atoms with Crippen molar-refractivity contribution in [2.75, 3.05) is 13.2 Å². The topological polar surface area (TPSA) is 55.4 Å². The van der Waals surface area contributed by atoms with Gasteiger partial charge in [-0.1, -0.05) is 0 Å². The second-order valence-corrected chi connectivity index (χ2v) is 5.77. The predicted molar refractivity (Wildman–Crippen MR) is 48.9 cm³/mol. The molecule has 0 spiro atoms. The smallest absolute Gasteiger partial charge is 0.214 e. The molecule has 76 valence electrons. The Morgan fingerprint density at radius 1 is 1.31 bits per heavy atom. The van der Waals surface area contributed by atoms with Gasteiger partial charge in [0.25, 0.3) is 0 Å². The number of rotatable bonds is 4. The summed E-state index contributed by atoms with van der Waals surface area (Å²) in [5, 5.41) is -0.117. The molecule has 1 atom stereocenters. The highest BCUT2D eigenvalue weighted by molar-refractivity contribution is 7.90. The van der Waals surface area contributed by atoms with E-state index in [0.29, 0.717) is 6.54 Å². The molecule has 1 heterocycles. The third-order valence-electron chi connectivity index (χ3n) is 2.50. The summed E-state index contributed by atoms with van der Waals surface area (Å²) in [5.74, 6) is 0. The SMILES string of the molecule is O=S(=O)(NC[C@@H]1CCCO1)C1CC1. The third-order valence-corrected chi connectivity index (χ3v) is 4.42. The summed E-state index contributed by atoms with van der Waals surface area (Å²) < 4.78 is 30.7. The van der Waals surface area contributed by atoms with E-state index in [1.165, 1.54) is 0 Å². The quantitative estimate of drug-likeness (QED) is 0.715. The zero-order valence-electron chi connectivity index (χ0n) is 7.53. The molecule has 1 N–H and O–H groups in total. The molecule has 5 heteroatoms. The zero-order chi connectivity index (χ0) is 9.31. The van der Waals surface area contributed by atoms with Gasteiger partial charge in [0.15, 0.2) is 0 Å². The first-order valence-electron chi connectivity index (χ1n) is 4.78. The average molecular weight is 205 g/mol. The van der Waals surface area contributed by atoms with Gasteiger partial charge in [0.05, 0.1) is 11.4 Å². The second kappa shape index (κ2) is 3.55. The van der Waals surface area contributed by atoms with Crippen LogP contribution < -0.4 is 4.72 Å². The normalized spacial score (nSPS) is 29.4. The van der Waals surface area contributed by atoms with Crippen LogP contribution in [0.3, 0.4) is 0 Å². The summed E-state index contributed by atoms with van der Waals surface area (Å²) in [6.45, 7) is 1.23. The lowest BCUT2D eigenvalue weighted by Gasteiger charge is -2.10. The minimum Gasteiger partial charge on any atom is -0.377 e. The van der Waals surface area contributed by atoms with Crippen molar-refractivity contribution in [2.45, 2.75) is 37.0 Å². The first kappa shape index (κ1) is 9.43. The van der Waals surface area contributed by atoms with Crippen molar-refractivity contribution in [3.05, 3.63) is 0 Å². The fourth-order valence-electron chi connectivity index (χ4n) is 1.51. The number of sulfonamides is 1. The van der Waals surface area contributed by atoms with Gasteiger partial charge >= 0.3 is 0 Å². The fraction of sp³-hybridized carbons (Fsp3) is 1.00. The van der Waals surface area contributed by atoms with Crippen LogP contribution in [-0.4, -0.2) is 32.9 Å². The highest BCUT2D eigenvalue weighted by Crippen LogP contribution is 2.27. The molecule has 4 nitrogen and oxygen atoms in total. The molecule has 2 aliphatic rings. The van der Waals surface area contributed by atoms with Crippen LogP contribution in [0.4, 0.5) is 0 Å². The summed E-state index contributed by atoms with van der Waals surface area (Å²) in [5.41, 5.74) is 0. The van der Waals surface area contributed by atoms with Crippen molar-refractivity contribution in [3.63, 3.8) is 0 Å². The molecule has 2 fully saturated rings. The first-order valence-corrected chi connectivity index (χ1v) is 6.33. The van der Waals surface area contributed by atoms with E-state index in [4.69, 9.17) is 4.74 Å². The van der Waals surface area contributed by atoms with Gasteiger partial charge in [-0.15, -0.1) is 0 Å². The van der Waals surface area contributed by atoms with Crippen molar-refractivity contribution in [1.82, 2.24) is 4.72 Å². The van der Waals surface area contributed by atoms with Crippen LogP contribution in [0.15, 0.2) is 0 Å². The van der Waals surface area contributed by atoms with Gasteiger partial charge in [-0.2, -0.15) is 0 Å². The van der Waals surface area contributed by atoms with Crippen LogP contribution in [-0.2, 0) is 14.8 Å². The highest BCUT2D eigenvalue weighted by atomic mass is 32.2. The lowest BCUT2D eigenvalue weighted by Crippen LogP contribution is -2.34. The average Bonchev–Trinajstić information content (AvgIpc) is 2.82. The van der Waals surface area contributed by atoms with E-state index in [1.807, 2.05) is 0 Å². The van der Waals surface area contributed by atoms with Crippen LogP contribution >= 0.6 is 0 Å². The van der Waals surface area contributed by atoms with E-state index >= 15 is 0 Å². The molecule has 1 aliphatic carbocycles. The summed E-state index contributed by atoms with van der Waals surface area (Å²) >= 11 is 0. The Hall–Kier alpha value is -0.130. The third kappa shape index (κ3) is 2.42. The standard InChI is InChI=1S/C8H15NO3S/c10-13(11,8-3-4-8)9-6-7-2-1-5-12-7/h7-9H,1-6H2/t7-/m0/s1. The molecule has 1 saturated carbocycles. The molecule has 0 aromatic heterocycles. The molecular weight excluding hydrogens is 190 g/mol. The lowest BCUT2D eigenvalue weighted by atomic mass is 10.2. The maximum Gasteiger partial charge on any atom is 0.214 e. The van der Waals surface area contributed by atoms with Gasteiger partial charge in [-0.25, -0.2) is 13.1 Å². The monoisotopic (exact) mass is 205 g/mol. The van der Waals surface area contributed by atoms with E-state index in [2.05, 4.69) is 4.72 Å². The molecule has 0 aromatic rings. The van der Waals surface area contributed by atoms with E-state index in [0.717, 1.165) is 32.3 Å². The Balaban J connectivity index is 1.77. The molecule has 1 saturated heterocycles. The number of hydrogen-bond donors (Lipinski definition) is 1. The Morgan fingerprint density at radius 3 is 2.62 bits per heavy atom. The Bertz CT molecular complexity index is 265. The minimum absolute atomic E-state index is 0.105. The molecular formula is C8H15NO3S. The van der Waals surface area contributed by atoms with Gasteiger partial charge in [0.1, 0.15) is 0 Å². The summed E-state index contributed by atoms with van der Waals surface area (Å²) in [7, 11) is -3.00. The molecule has 0 radical (unpaired) electrons. The van der Waals surface area contributed by atoms with Crippen LogP contribution in [0.1, 0.15) is 25.7 Å². The molecule has 0 bridgehead atoms. The van der Waals surface area contributed by atoms with Crippen molar-refractivity contribution >= 4 is 10.0 Å². The van der Waals surface area contributed by atoms with E-state index in [-0.39, 0.29) is 11.4 Å².